The van der Waals surface area contributed by atoms with E-state index in [1.54, 1.807) is 0 Å². The first kappa shape index (κ1) is 11.8. The van der Waals surface area contributed by atoms with Crippen LogP contribution < -0.4 is 4.74 Å². The van der Waals surface area contributed by atoms with E-state index in [4.69, 9.17) is 4.74 Å². The van der Waals surface area contributed by atoms with Gasteiger partial charge < -0.3 is 4.74 Å². The van der Waals surface area contributed by atoms with Crippen molar-refractivity contribution in [1.82, 2.24) is 0 Å². The van der Waals surface area contributed by atoms with E-state index in [1.807, 2.05) is 6.08 Å². The summed E-state index contributed by atoms with van der Waals surface area (Å²) in [7, 11) is 0. The molecule has 1 nitrogen and oxygen atoms in total. The zero-order chi connectivity index (χ0) is 11.5. The average Bonchev–Trinajstić information content (AvgIpc) is 2.10. The van der Waals surface area contributed by atoms with E-state index < -0.39 is 0 Å². The van der Waals surface area contributed by atoms with Gasteiger partial charge in [-0.1, -0.05) is 24.3 Å². The lowest BCUT2D eigenvalue weighted by atomic mass is 10.1. The van der Waals surface area contributed by atoms with Crippen LogP contribution in [-0.2, 0) is 6.42 Å². The van der Waals surface area contributed by atoms with Crippen molar-refractivity contribution in [3.8, 4) is 5.75 Å². The molecule has 0 heterocycles. The molecule has 0 fully saturated rings. The summed E-state index contributed by atoms with van der Waals surface area (Å²) in [6.07, 6.45) is 2.76. The Bertz CT molecular complexity index is 345. The van der Waals surface area contributed by atoms with Crippen molar-refractivity contribution < 1.29 is 4.74 Å². The minimum absolute atomic E-state index is 0.151. The molecule has 0 aliphatic rings. The first-order valence-corrected chi connectivity index (χ1v) is 5.32. The van der Waals surface area contributed by atoms with Crippen molar-refractivity contribution >= 4 is 0 Å². The summed E-state index contributed by atoms with van der Waals surface area (Å²) in [6.45, 7) is 12.0. The second kappa shape index (κ2) is 4.52. The number of allylic oxidation sites excluding steroid dienone is 1. The Hall–Kier alpha value is -1.24. The molecule has 0 spiro atoms. The van der Waals surface area contributed by atoms with E-state index >= 15 is 0 Å². The zero-order valence-corrected chi connectivity index (χ0v) is 10.1. The summed E-state index contributed by atoms with van der Waals surface area (Å²) in [5.41, 5.74) is 2.24. The lowest BCUT2D eigenvalue weighted by Gasteiger charge is -2.24. The van der Waals surface area contributed by atoms with Crippen LogP contribution in [0.15, 0.2) is 30.9 Å². The Morgan fingerprint density at radius 3 is 2.53 bits per heavy atom. The Labute approximate surface area is 92.8 Å². The summed E-state index contributed by atoms with van der Waals surface area (Å²) >= 11 is 0. The summed E-state index contributed by atoms with van der Waals surface area (Å²) in [6, 6.07) is 6.23. The fraction of sp³-hybridized carbons (Fsp3) is 0.429. The summed E-state index contributed by atoms with van der Waals surface area (Å²) in [5.74, 6) is 1.00. The van der Waals surface area contributed by atoms with Crippen LogP contribution in [0.2, 0.25) is 0 Å². The SMILES string of the molecule is C=CCc1cccc(C)c1OC(C)(C)C. The largest absolute Gasteiger partial charge is 0.488 e. The smallest absolute Gasteiger partial charge is 0.126 e. The molecule has 1 aromatic carbocycles. The number of hydrogen-bond donors (Lipinski definition) is 0. The summed E-state index contributed by atoms with van der Waals surface area (Å²) in [5, 5.41) is 0. The molecule has 0 aliphatic carbocycles. The average molecular weight is 204 g/mol. The molecule has 82 valence electrons. The lowest BCUT2D eigenvalue weighted by molar-refractivity contribution is 0.128. The van der Waals surface area contributed by atoms with Crippen LogP contribution in [0.25, 0.3) is 0 Å². The van der Waals surface area contributed by atoms with Crippen LogP contribution in [-0.4, -0.2) is 5.60 Å². The number of rotatable bonds is 3. The van der Waals surface area contributed by atoms with Crippen LogP contribution in [0.5, 0.6) is 5.75 Å². The molecule has 0 radical (unpaired) electrons. The minimum Gasteiger partial charge on any atom is -0.488 e. The third-order valence-corrected chi connectivity index (χ3v) is 2.07. The van der Waals surface area contributed by atoms with Gasteiger partial charge in [0, 0.05) is 0 Å². The van der Waals surface area contributed by atoms with Crippen LogP contribution in [0, 0.1) is 6.92 Å². The molecule has 15 heavy (non-hydrogen) atoms. The molecular weight excluding hydrogens is 184 g/mol. The highest BCUT2D eigenvalue weighted by molar-refractivity contribution is 5.42. The van der Waals surface area contributed by atoms with E-state index in [-0.39, 0.29) is 5.60 Å². The Balaban J connectivity index is 3.07. The van der Waals surface area contributed by atoms with Crippen molar-refractivity contribution in [2.75, 3.05) is 0 Å². The standard InChI is InChI=1S/C14H20O/c1-6-8-12-10-7-9-11(2)13(12)15-14(3,4)5/h6-7,9-10H,1,8H2,2-5H3. The fourth-order valence-electron chi connectivity index (χ4n) is 1.48. The topological polar surface area (TPSA) is 9.23 Å². The molecule has 0 saturated heterocycles. The van der Waals surface area contributed by atoms with Crippen LogP contribution in [0.4, 0.5) is 0 Å². The first-order chi connectivity index (χ1) is 6.94. The van der Waals surface area contributed by atoms with Crippen LogP contribution >= 0.6 is 0 Å². The van der Waals surface area contributed by atoms with E-state index in [9.17, 15) is 0 Å². The molecule has 1 rings (SSSR count). The second-order valence-electron chi connectivity index (χ2n) is 4.77. The molecule has 0 bridgehead atoms. The molecule has 0 aliphatic heterocycles. The van der Waals surface area contributed by atoms with E-state index in [2.05, 4.69) is 52.5 Å². The molecule has 0 saturated carbocycles. The first-order valence-electron chi connectivity index (χ1n) is 5.32. The predicted octanol–water partition coefficient (Wildman–Crippen LogP) is 3.90. The fourth-order valence-corrected chi connectivity index (χ4v) is 1.48. The minimum atomic E-state index is -0.151. The van der Waals surface area contributed by atoms with E-state index in [1.165, 1.54) is 11.1 Å². The molecule has 1 aromatic rings. The molecule has 0 atom stereocenters. The van der Waals surface area contributed by atoms with Crippen LogP contribution in [0.3, 0.4) is 0 Å². The van der Waals surface area contributed by atoms with E-state index in [0.717, 1.165) is 12.2 Å². The van der Waals surface area contributed by atoms with Crippen molar-refractivity contribution in [3.05, 3.63) is 42.0 Å². The predicted molar refractivity (Wildman–Crippen MR) is 65.5 cm³/mol. The van der Waals surface area contributed by atoms with Gasteiger partial charge in [-0.15, -0.1) is 6.58 Å². The van der Waals surface area contributed by atoms with Gasteiger partial charge in [-0.2, -0.15) is 0 Å². The highest BCUT2D eigenvalue weighted by Crippen LogP contribution is 2.27. The molecule has 1 heteroatoms. The van der Waals surface area contributed by atoms with Crippen molar-refractivity contribution in [2.24, 2.45) is 0 Å². The Morgan fingerprint density at radius 1 is 1.33 bits per heavy atom. The number of benzene rings is 1. The van der Waals surface area contributed by atoms with Gasteiger partial charge in [-0.3, -0.25) is 0 Å². The molecular formula is C14H20O. The van der Waals surface area contributed by atoms with Gasteiger partial charge in [0.15, 0.2) is 0 Å². The van der Waals surface area contributed by atoms with Gasteiger partial charge in [-0.05, 0) is 45.2 Å². The maximum absolute atomic E-state index is 5.97. The summed E-state index contributed by atoms with van der Waals surface area (Å²) in [4.78, 5) is 0. The normalized spacial score (nSPS) is 11.2. The lowest BCUT2D eigenvalue weighted by Crippen LogP contribution is -2.24. The van der Waals surface area contributed by atoms with Crippen LogP contribution in [0.1, 0.15) is 31.9 Å². The van der Waals surface area contributed by atoms with Gasteiger partial charge >= 0.3 is 0 Å². The quantitative estimate of drug-likeness (QED) is 0.678. The summed E-state index contributed by atoms with van der Waals surface area (Å²) < 4.78 is 5.97. The number of ether oxygens (including phenoxy) is 1. The monoisotopic (exact) mass is 204 g/mol. The van der Waals surface area contributed by atoms with Crippen molar-refractivity contribution in [3.63, 3.8) is 0 Å². The molecule has 0 aromatic heterocycles. The highest BCUT2D eigenvalue weighted by atomic mass is 16.5. The third kappa shape index (κ3) is 3.43. The number of para-hydroxylation sites is 1. The van der Waals surface area contributed by atoms with Gasteiger partial charge in [0.2, 0.25) is 0 Å². The molecule has 0 unspecified atom stereocenters. The van der Waals surface area contributed by atoms with E-state index in [0.29, 0.717) is 0 Å². The zero-order valence-electron chi connectivity index (χ0n) is 10.1. The van der Waals surface area contributed by atoms with Gasteiger partial charge in [0.25, 0.3) is 0 Å². The molecule has 0 amide bonds. The van der Waals surface area contributed by atoms with Gasteiger partial charge in [0.05, 0.1) is 0 Å². The second-order valence-corrected chi connectivity index (χ2v) is 4.77. The van der Waals surface area contributed by atoms with Gasteiger partial charge in [0.1, 0.15) is 11.4 Å². The highest BCUT2D eigenvalue weighted by Gasteiger charge is 2.15. The Morgan fingerprint density at radius 2 is 2.00 bits per heavy atom. The van der Waals surface area contributed by atoms with Crippen molar-refractivity contribution in [2.45, 2.75) is 39.7 Å². The maximum atomic E-state index is 5.97. The van der Waals surface area contributed by atoms with Gasteiger partial charge in [-0.25, -0.2) is 0 Å². The number of aryl methyl sites for hydroxylation is 1. The number of hydrogen-bond acceptors (Lipinski definition) is 1. The van der Waals surface area contributed by atoms with Crippen molar-refractivity contribution in [1.29, 1.82) is 0 Å². The maximum Gasteiger partial charge on any atom is 0.126 e. The molecule has 0 N–H and O–H groups in total. The Kier molecular flexibility index (Phi) is 3.57. The third-order valence-electron chi connectivity index (χ3n) is 2.07.